The van der Waals surface area contributed by atoms with Crippen molar-refractivity contribution in [3.63, 3.8) is 0 Å². The van der Waals surface area contributed by atoms with Gasteiger partial charge in [-0.1, -0.05) is 25.1 Å². The molecule has 31 heavy (non-hydrogen) atoms. The number of aryl methyl sites for hydroxylation is 2. The summed E-state index contributed by atoms with van der Waals surface area (Å²) < 4.78 is 5.97. The molecule has 1 heterocycles. The van der Waals surface area contributed by atoms with E-state index < -0.39 is 6.10 Å². The van der Waals surface area contributed by atoms with E-state index in [0.29, 0.717) is 0 Å². The Morgan fingerprint density at radius 3 is 2.52 bits per heavy atom. The largest absolute Gasteiger partial charge is 0.481 e. The summed E-state index contributed by atoms with van der Waals surface area (Å²) in [4.78, 5) is 15.2. The molecule has 0 spiro atoms. The molecule has 4 rings (SSSR count). The van der Waals surface area contributed by atoms with E-state index in [1.54, 1.807) is 0 Å². The van der Waals surface area contributed by atoms with E-state index in [1.807, 2.05) is 19.9 Å². The molecule has 2 aromatic rings. The molecule has 0 radical (unpaired) electrons. The molecular formula is C27H36N2O2. The van der Waals surface area contributed by atoms with Crippen molar-refractivity contribution in [1.82, 2.24) is 5.32 Å². The first-order chi connectivity index (χ1) is 15.0. The Balaban J connectivity index is 1.32. The molecule has 166 valence electrons. The quantitative estimate of drug-likeness (QED) is 0.676. The van der Waals surface area contributed by atoms with Crippen molar-refractivity contribution in [3.05, 3.63) is 59.2 Å². The Labute approximate surface area is 187 Å². The zero-order valence-corrected chi connectivity index (χ0v) is 19.2. The number of ether oxygens (including phenoxy) is 1. The SMILES string of the molecule is C[C@@H]1CCCN(c2ccc([C@@H](C)NC(=O)[C@H](C)Oc3ccc4c(c3)CCCC4)cc2)C1. The minimum absolute atomic E-state index is 0.0589. The topological polar surface area (TPSA) is 41.6 Å². The van der Waals surface area contributed by atoms with Gasteiger partial charge in [0.1, 0.15) is 5.75 Å². The summed E-state index contributed by atoms with van der Waals surface area (Å²) in [7, 11) is 0. The zero-order chi connectivity index (χ0) is 21.8. The van der Waals surface area contributed by atoms with E-state index in [2.05, 4.69) is 53.5 Å². The number of nitrogens with one attached hydrogen (secondary N) is 1. The number of benzene rings is 2. The normalized spacial score (nSPS) is 20.5. The first-order valence-corrected chi connectivity index (χ1v) is 11.9. The van der Waals surface area contributed by atoms with Gasteiger partial charge in [0.05, 0.1) is 6.04 Å². The fraction of sp³-hybridized carbons (Fsp3) is 0.519. The maximum atomic E-state index is 12.7. The number of carbonyl (C=O) groups excluding carboxylic acids is 1. The number of amides is 1. The van der Waals surface area contributed by atoms with Crippen LogP contribution in [0.2, 0.25) is 0 Å². The highest BCUT2D eigenvalue weighted by Crippen LogP contribution is 2.27. The molecule has 0 bridgehead atoms. The van der Waals surface area contributed by atoms with Crippen LogP contribution in [-0.2, 0) is 17.6 Å². The number of fused-ring (bicyclic) bond motifs is 1. The van der Waals surface area contributed by atoms with E-state index in [4.69, 9.17) is 4.74 Å². The molecule has 2 aromatic carbocycles. The molecule has 1 saturated heterocycles. The summed E-state index contributed by atoms with van der Waals surface area (Å²) in [6.07, 6.45) is 6.82. The maximum Gasteiger partial charge on any atom is 0.261 e. The van der Waals surface area contributed by atoms with E-state index >= 15 is 0 Å². The number of hydrogen-bond donors (Lipinski definition) is 1. The fourth-order valence-electron chi connectivity index (χ4n) is 4.85. The second kappa shape index (κ2) is 9.76. The van der Waals surface area contributed by atoms with Crippen molar-refractivity contribution in [2.75, 3.05) is 18.0 Å². The average molecular weight is 421 g/mol. The molecule has 1 aliphatic carbocycles. The lowest BCUT2D eigenvalue weighted by Crippen LogP contribution is -2.37. The standard InChI is InChI=1S/C27H36N2O2/c1-19-7-6-16-29(18-19)25-13-10-22(11-14-25)20(2)28-27(30)21(3)31-26-15-12-23-8-4-5-9-24(23)17-26/h10-15,17,19-21H,4-9,16,18H2,1-3H3,(H,28,30)/t19-,20-,21+/m1/s1. The van der Waals surface area contributed by atoms with Gasteiger partial charge in [0.25, 0.3) is 5.91 Å². The van der Waals surface area contributed by atoms with E-state index in [-0.39, 0.29) is 11.9 Å². The summed E-state index contributed by atoms with van der Waals surface area (Å²) in [5.41, 5.74) is 5.18. The second-order valence-electron chi connectivity index (χ2n) is 9.41. The molecule has 1 N–H and O–H groups in total. The first kappa shape index (κ1) is 21.7. The number of hydrogen-bond acceptors (Lipinski definition) is 3. The summed E-state index contributed by atoms with van der Waals surface area (Å²) in [6, 6.07) is 14.8. The highest BCUT2D eigenvalue weighted by atomic mass is 16.5. The lowest BCUT2D eigenvalue weighted by atomic mass is 9.92. The van der Waals surface area contributed by atoms with Gasteiger partial charge in [-0.05, 0) is 99.2 Å². The van der Waals surface area contributed by atoms with Gasteiger partial charge < -0.3 is 15.0 Å². The molecular weight excluding hydrogens is 384 g/mol. The lowest BCUT2D eigenvalue weighted by molar-refractivity contribution is -0.127. The van der Waals surface area contributed by atoms with Gasteiger partial charge in [-0.15, -0.1) is 0 Å². The summed E-state index contributed by atoms with van der Waals surface area (Å²) in [5, 5.41) is 3.11. The van der Waals surface area contributed by atoms with Crippen molar-refractivity contribution < 1.29 is 9.53 Å². The predicted molar refractivity (Wildman–Crippen MR) is 127 cm³/mol. The molecule has 1 amide bonds. The molecule has 0 aromatic heterocycles. The molecule has 4 nitrogen and oxygen atoms in total. The summed E-state index contributed by atoms with van der Waals surface area (Å²) in [5.74, 6) is 1.46. The van der Waals surface area contributed by atoms with Crippen LogP contribution in [-0.4, -0.2) is 25.1 Å². The van der Waals surface area contributed by atoms with Crippen LogP contribution in [0.4, 0.5) is 5.69 Å². The highest BCUT2D eigenvalue weighted by molar-refractivity contribution is 5.81. The second-order valence-corrected chi connectivity index (χ2v) is 9.41. The van der Waals surface area contributed by atoms with E-state index in [0.717, 1.165) is 43.2 Å². The number of carbonyl (C=O) groups is 1. The van der Waals surface area contributed by atoms with Crippen LogP contribution >= 0.6 is 0 Å². The van der Waals surface area contributed by atoms with E-state index in [1.165, 1.54) is 42.5 Å². The number of rotatable bonds is 6. The summed E-state index contributed by atoms with van der Waals surface area (Å²) in [6.45, 7) is 8.44. The molecule has 2 aliphatic rings. The van der Waals surface area contributed by atoms with Crippen LogP contribution in [0.15, 0.2) is 42.5 Å². The molecule has 0 unspecified atom stereocenters. The molecule has 1 aliphatic heterocycles. The van der Waals surface area contributed by atoms with Crippen LogP contribution in [0.25, 0.3) is 0 Å². The number of nitrogens with zero attached hydrogens (tertiary/aromatic N) is 1. The molecule has 4 heteroatoms. The van der Waals surface area contributed by atoms with Crippen molar-refractivity contribution in [2.24, 2.45) is 5.92 Å². The van der Waals surface area contributed by atoms with Gasteiger partial charge in [-0.3, -0.25) is 4.79 Å². The predicted octanol–water partition coefficient (Wildman–Crippen LogP) is 5.45. The van der Waals surface area contributed by atoms with Crippen LogP contribution in [0, 0.1) is 5.92 Å². The van der Waals surface area contributed by atoms with Crippen LogP contribution in [0.3, 0.4) is 0 Å². The van der Waals surface area contributed by atoms with Gasteiger partial charge in [-0.25, -0.2) is 0 Å². The Hall–Kier alpha value is -2.49. The third-order valence-electron chi connectivity index (χ3n) is 6.78. The molecule has 0 saturated carbocycles. The average Bonchev–Trinajstić information content (AvgIpc) is 2.79. The van der Waals surface area contributed by atoms with Crippen LogP contribution in [0.1, 0.15) is 69.2 Å². The minimum atomic E-state index is -0.529. The minimum Gasteiger partial charge on any atom is -0.481 e. The fourth-order valence-corrected chi connectivity index (χ4v) is 4.85. The van der Waals surface area contributed by atoms with Gasteiger partial charge in [0, 0.05) is 18.8 Å². The van der Waals surface area contributed by atoms with Gasteiger partial charge in [0.2, 0.25) is 0 Å². The van der Waals surface area contributed by atoms with Crippen molar-refractivity contribution in [3.8, 4) is 5.75 Å². The first-order valence-electron chi connectivity index (χ1n) is 11.9. The van der Waals surface area contributed by atoms with Crippen molar-refractivity contribution >= 4 is 11.6 Å². The Morgan fingerprint density at radius 1 is 1.03 bits per heavy atom. The lowest BCUT2D eigenvalue weighted by Gasteiger charge is -2.33. The van der Waals surface area contributed by atoms with Gasteiger partial charge >= 0.3 is 0 Å². The van der Waals surface area contributed by atoms with Gasteiger partial charge in [0.15, 0.2) is 6.10 Å². The molecule has 3 atom stereocenters. The smallest absolute Gasteiger partial charge is 0.261 e. The monoisotopic (exact) mass is 420 g/mol. The van der Waals surface area contributed by atoms with E-state index in [9.17, 15) is 4.79 Å². The maximum absolute atomic E-state index is 12.7. The Kier molecular flexibility index (Phi) is 6.84. The van der Waals surface area contributed by atoms with Crippen molar-refractivity contribution in [2.45, 2.75) is 71.4 Å². The van der Waals surface area contributed by atoms with Crippen molar-refractivity contribution in [1.29, 1.82) is 0 Å². The summed E-state index contributed by atoms with van der Waals surface area (Å²) >= 11 is 0. The van der Waals surface area contributed by atoms with Crippen LogP contribution in [0.5, 0.6) is 5.75 Å². The molecule has 1 fully saturated rings. The Morgan fingerprint density at radius 2 is 1.77 bits per heavy atom. The third kappa shape index (κ3) is 5.41. The highest BCUT2D eigenvalue weighted by Gasteiger charge is 2.20. The number of anilines is 1. The third-order valence-corrected chi connectivity index (χ3v) is 6.78. The number of piperidine rings is 1. The van der Waals surface area contributed by atoms with Gasteiger partial charge in [-0.2, -0.15) is 0 Å². The zero-order valence-electron chi connectivity index (χ0n) is 19.2. The Bertz CT molecular complexity index is 893. The van der Waals surface area contributed by atoms with Crippen LogP contribution < -0.4 is 15.0 Å².